The average Bonchev–Trinajstić information content (AvgIpc) is 2.75. The number of hydrogen-bond donors (Lipinski definition) is 0. The third kappa shape index (κ3) is 11.2. The zero-order chi connectivity index (χ0) is 24.1. The van der Waals surface area contributed by atoms with Crippen LogP contribution in [0, 0.1) is 0 Å². The Balaban J connectivity index is 1.67. The molecule has 0 N–H and O–H groups in total. The molecule has 0 radical (unpaired) electrons. The van der Waals surface area contributed by atoms with E-state index in [1.54, 1.807) is 24.5 Å². The maximum atomic E-state index is 6.26. The van der Waals surface area contributed by atoms with Crippen LogP contribution in [0.15, 0.2) is 46.2 Å². The van der Waals surface area contributed by atoms with Crippen molar-refractivity contribution in [2.24, 2.45) is 5.16 Å². The van der Waals surface area contributed by atoms with E-state index in [9.17, 15) is 0 Å². The predicted octanol–water partition coefficient (Wildman–Crippen LogP) is 7.28. The molecule has 0 saturated heterocycles. The highest BCUT2D eigenvalue weighted by atomic mass is 35.5. The van der Waals surface area contributed by atoms with Gasteiger partial charge in [0.1, 0.15) is 23.0 Å². The van der Waals surface area contributed by atoms with Gasteiger partial charge in [-0.3, -0.25) is 0 Å². The Labute approximate surface area is 214 Å². The van der Waals surface area contributed by atoms with Crippen LogP contribution in [-0.4, -0.2) is 37.1 Å². The number of unbranched alkanes of at least 4 members (excludes halogenated alkanes) is 1. The molecule has 10 heteroatoms. The summed E-state index contributed by atoms with van der Waals surface area (Å²) in [6.45, 7) is 5.01. The molecule has 1 heterocycles. The van der Waals surface area contributed by atoms with Crippen molar-refractivity contribution in [3.63, 3.8) is 0 Å². The highest BCUT2D eigenvalue weighted by Gasteiger charge is 2.10. The van der Waals surface area contributed by atoms with Gasteiger partial charge in [0.05, 0.1) is 23.3 Å². The van der Waals surface area contributed by atoms with Crippen molar-refractivity contribution in [3.8, 4) is 17.4 Å². The monoisotopic (exact) mass is 534 g/mol. The summed E-state index contributed by atoms with van der Waals surface area (Å²) in [5.41, 5.74) is 1.02. The van der Waals surface area contributed by atoms with E-state index in [1.165, 1.54) is 6.08 Å². The molecule has 0 saturated carbocycles. The van der Waals surface area contributed by atoms with Gasteiger partial charge in [-0.15, -0.1) is 0 Å². The van der Waals surface area contributed by atoms with Crippen molar-refractivity contribution in [1.29, 1.82) is 0 Å². The third-order valence-corrected chi connectivity index (χ3v) is 4.84. The molecule has 1 aromatic heterocycles. The van der Waals surface area contributed by atoms with E-state index < -0.39 is 0 Å². The normalized spacial score (nSPS) is 11.0. The summed E-state index contributed by atoms with van der Waals surface area (Å²) >= 11 is 23.6. The molecule has 0 aliphatic rings. The van der Waals surface area contributed by atoms with Gasteiger partial charge < -0.3 is 19.0 Å². The van der Waals surface area contributed by atoms with Gasteiger partial charge in [0, 0.05) is 37.0 Å². The van der Waals surface area contributed by atoms with Crippen molar-refractivity contribution >= 4 is 52.6 Å². The molecule has 0 amide bonds. The molecule has 180 valence electrons. The Morgan fingerprint density at radius 1 is 1.03 bits per heavy atom. The second-order valence-corrected chi connectivity index (χ2v) is 8.90. The van der Waals surface area contributed by atoms with E-state index in [0.717, 1.165) is 18.4 Å². The predicted molar refractivity (Wildman–Crippen MR) is 135 cm³/mol. The van der Waals surface area contributed by atoms with Gasteiger partial charge >= 0.3 is 0 Å². The van der Waals surface area contributed by atoms with Crippen LogP contribution in [-0.2, 0) is 11.3 Å². The molecule has 6 nitrogen and oxygen atoms in total. The van der Waals surface area contributed by atoms with Gasteiger partial charge in [-0.25, -0.2) is 4.98 Å². The van der Waals surface area contributed by atoms with Gasteiger partial charge in [0.15, 0.2) is 5.75 Å². The lowest BCUT2D eigenvalue weighted by atomic mass is 10.2. The summed E-state index contributed by atoms with van der Waals surface area (Å²) in [5.74, 6) is 1.48. The summed E-state index contributed by atoms with van der Waals surface area (Å²) in [7, 11) is 0. The molecule has 0 aliphatic heterocycles. The van der Waals surface area contributed by atoms with Crippen molar-refractivity contribution < 1.29 is 19.0 Å². The SMILES string of the molecule is CC(C)ON=CCc1ccc(OCCCCOc2c(Cl)cc(OCC=C(Cl)Cl)cc2Cl)nc1. The van der Waals surface area contributed by atoms with E-state index in [2.05, 4.69) is 10.1 Å². The molecular formula is C23H26Cl4N2O4. The van der Waals surface area contributed by atoms with Gasteiger partial charge in [-0.1, -0.05) is 57.6 Å². The van der Waals surface area contributed by atoms with Crippen LogP contribution in [0.2, 0.25) is 10.0 Å². The fourth-order valence-corrected chi connectivity index (χ4v) is 3.14. The van der Waals surface area contributed by atoms with E-state index in [4.69, 9.17) is 65.5 Å². The Bertz CT molecular complexity index is 894. The number of halogens is 4. The summed E-state index contributed by atoms with van der Waals surface area (Å²) in [4.78, 5) is 9.42. The first-order valence-corrected chi connectivity index (χ1v) is 11.9. The van der Waals surface area contributed by atoms with Crippen LogP contribution >= 0.6 is 46.4 Å². The molecule has 2 rings (SSSR count). The van der Waals surface area contributed by atoms with Crippen LogP contribution < -0.4 is 14.2 Å². The first kappa shape index (κ1) is 27.4. The molecule has 0 spiro atoms. The van der Waals surface area contributed by atoms with E-state index in [0.29, 0.717) is 47.1 Å². The van der Waals surface area contributed by atoms with Crippen molar-refractivity contribution in [2.45, 2.75) is 39.2 Å². The van der Waals surface area contributed by atoms with E-state index in [-0.39, 0.29) is 17.2 Å². The molecule has 0 bridgehead atoms. The van der Waals surface area contributed by atoms with Crippen LogP contribution in [0.25, 0.3) is 0 Å². The topological polar surface area (TPSA) is 62.2 Å². The fourth-order valence-electron chi connectivity index (χ4n) is 2.44. The quantitative estimate of drug-likeness (QED) is 0.144. The van der Waals surface area contributed by atoms with Crippen molar-refractivity contribution in [1.82, 2.24) is 4.98 Å². The summed E-state index contributed by atoms with van der Waals surface area (Å²) in [5, 5.41) is 4.61. The van der Waals surface area contributed by atoms with Gasteiger partial charge in [0.2, 0.25) is 5.88 Å². The Morgan fingerprint density at radius 3 is 2.33 bits per heavy atom. The average molecular weight is 536 g/mol. The van der Waals surface area contributed by atoms with Crippen LogP contribution in [0.4, 0.5) is 0 Å². The second-order valence-electron chi connectivity index (χ2n) is 7.08. The molecule has 0 aliphatic carbocycles. The molecule has 1 aromatic carbocycles. The first-order chi connectivity index (χ1) is 15.8. The maximum Gasteiger partial charge on any atom is 0.213 e. The number of ether oxygens (including phenoxy) is 3. The number of rotatable bonds is 14. The number of aromatic nitrogens is 1. The van der Waals surface area contributed by atoms with E-state index >= 15 is 0 Å². The van der Waals surface area contributed by atoms with Crippen LogP contribution in [0.3, 0.4) is 0 Å². The lowest BCUT2D eigenvalue weighted by molar-refractivity contribution is 0.0869. The molecule has 2 aromatic rings. The zero-order valence-corrected chi connectivity index (χ0v) is 21.4. The highest BCUT2D eigenvalue weighted by Crippen LogP contribution is 2.37. The highest BCUT2D eigenvalue weighted by molar-refractivity contribution is 6.55. The molecule has 0 fully saturated rings. The summed E-state index contributed by atoms with van der Waals surface area (Å²) in [6.07, 6.45) is 7.25. The number of nitrogens with zero attached hydrogens (tertiary/aromatic N) is 2. The minimum absolute atomic E-state index is 0.0689. The lowest BCUT2D eigenvalue weighted by Crippen LogP contribution is -2.04. The second kappa shape index (κ2) is 15.1. The number of oxime groups is 1. The molecule has 0 unspecified atom stereocenters. The first-order valence-electron chi connectivity index (χ1n) is 10.4. The molecule has 33 heavy (non-hydrogen) atoms. The molecular weight excluding hydrogens is 510 g/mol. The number of hydrogen-bond acceptors (Lipinski definition) is 6. The Morgan fingerprint density at radius 2 is 1.73 bits per heavy atom. The summed E-state index contributed by atoms with van der Waals surface area (Å²) < 4.78 is 17.0. The van der Waals surface area contributed by atoms with Crippen molar-refractivity contribution in [3.05, 3.63) is 56.6 Å². The van der Waals surface area contributed by atoms with Gasteiger partial charge in [-0.05, 0) is 38.3 Å². The zero-order valence-electron chi connectivity index (χ0n) is 18.4. The Hall–Kier alpha value is -1.86. The molecule has 0 atom stereocenters. The van der Waals surface area contributed by atoms with Gasteiger partial charge in [-0.2, -0.15) is 0 Å². The van der Waals surface area contributed by atoms with Crippen LogP contribution in [0.1, 0.15) is 32.3 Å². The Kier molecular flexibility index (Phi) is 12.5. The minimum Gasteiger partial charge on any atom is -0.490 e. The maximum absolute atomic E-state index is 6.26. The third-order valence-electron chi connectivity index (χ3n) is 3.97. The number of benzene rings is 1. The fraction of sp³-hybridized carbons (Fsp3) is 0.391. The largest absolute Gasteiger partial charge is 0.490 e. The minimum atomic E-state index is 0.0689. The number of pyridine rings is 1. The van der Waals surface area contributed by atoms with Crippen molar-refractivity contribution in [2.75, 3.05) is 19.8 Å². The lowest BCUT2D eigenvalue weighted by Gasteiger charge is -2.12. The standard InChI is InChI=1S/C23H26Cl4N2O4/c1-16(2)33-29-9-7-17-5-6-22(28-15-17)31-10-3-4-11-32-23-19(24)13-18(14-20(23)25)30-12-8-21(26)27/h5-6,8-9,13-16H,3-4,7,10-12H2,1-2H3. The van der Waals surface area contributed by atoms with Crippen LogP contribution in [0.5, 0.6) is 17.4 Å². The van der Waals surface area contributed by atoms with Gasteiger partial charge in [0.25, 0.3) is 0 Å². The van der Waals surface area contributed by atoms with E-state index in [1.807, 2.05) is 26.0 Å². The smallest absolute Gasteiger partial charge is 0.213 e. The summed E-state index contributed by atoms with van der Waals surface area (Å²) in [6, 6.07) is 7.04.